The maximum absolute atomic E-state index is 6.05. The number of hydrogen-bond donors (Lipinski definition) is 1. The number of hydrogen-bond acceptors (Lipinski definition) is 4. The summed E-state index contributed by atoms with van der Waals surface area (Å²) < 4.78 is 5.49. The van der Waals surface area contributed by atoms with E-state index in [0.717, 1.165) is 18.8 Å². The number of thioether (sulfide) groups is 1. The minimum absolute atomic E-state index is 0.252. The van der Waals surface area contributed by atoms with Crippen LogP contribution >= 0.6 is 11.8 Å². The van der Waals surface area contributed by atoms with Crippen LogP contribution in [0.5, 0.6) is 5.75 Å². The number of methoxy groups -OCH3 is 1. The van der Waals surface area contributed by atoms with Crippen LogP contribution in [-0.4, -0.2) is 42.1 Å². The van der Waals surface area contributed by atoms with Gasteiger partial charge in [-0.1, -0.05) is 32.0 Å². The number of para-hydroxylation sites is 1. The van der Waals surface area contributed by atoms with Gasteiger partial charge in [0.1, 0.15) is 5.75 Å². The highest BCUT2D eigenvalue weighted by Gasteiger charge is 2.29. The first-order valence-corrected chi connectivity index (χ1v) is 7.82. The van der Waals surface area contributed by atoms with Crippen LogP contribution in [0.25, 0.3) is 0 Å². The number of ether oxygens (including phenoxy) is 1. The van der Waals surface area contributed by atoms with Gasteiger partial charge in [-0.2, -0.15) is 11.8 Å². The molecule has 1 heterocycles. The smallest absolute Gasteiger partial charge is 0.123 e. The minimum atomic E-state index is 0.252. The lowest BCUT2D eigenvalue weighted by molar-refractivity contribution is 0.196. The molecule has 1 saturated heterocycles. The zero-order valence-corrected chi connectivity index (χ0v) is 12.8. The van der Waals surface area contributed by atoms with Gasteiger partial charge in [0.2, 0.25) is 0 Å². The highest BCUT2D eigenvalue weighted by Crippen LogP contribution is 2.33. The first-order valence-electron chi connectivity index (χ1n) is 6.88. The average molecular weight is 280 g/mol. The van der Waals surface area contributed by atoms with Crippen molar-refractivity contribution in [3.63, 3.8) is 0 Å². The van der Waals surface area contributed by atoms with E-state index in [1.54, 1.807) is 7.11 Å². The molecule has 1 fully saturated rings. The molecule has 0 bridgehead atoms. The van der Waals surface area contributed by atoms with Gasteiger partial charge in [0, 0.05) is 35.7 Å². The summed E-state index contributed by atoms with van der Waals surface area (Å²) in [6, 6.07) is 8.47. The Labute approximate surface area is 120 Å². The largest absolute Gasteiger partial charge is 0.496 e. The summed E-state index contributed by atoms with van der Waals surface area (Å²) in [7, 11) is 1.73. The van der Waals surface area contributed by atoms with Gasteiger partial charge in [0.25, 0.3) is 0 Å². The fourth-order valence-electron chi connectivity index (χ4n) is 2.89. The third kappa shape index (κ3) is 3.44. The van der Waals surface area contributed by atoms with Crippen LogP contribution in [0.15, 0.2) is 24.3 Å². The second kappa shape index (κ2) is 6.64. The highest BCUT2D eigenvalue weighted by molar-refractivity contribution is 8.00. The van der Waals surface area contributed by atoms with E-state index < -0.39 is 0 Å². The van der Waals surface area contributed by atoms with Gasteiger partial charge >= 0.3 is 0 Å². The van der Waals surface area contributed by atoms with Crippen LogP contribution in [-0.2, 0) is 0 Å². The van der Waals surface area contributed by atoms with E-state index in [1.807, 2.05) is 12.1 Å². The Morgan fingerprint density at radius 2 is 1.95 bits per heavy atom. The lowest BCUT2D eigenvalue weighted by Crippen LogP contribution is -2.44. The van der Waals surface area contributed by atoms with Gasteiger partial charge in [-0.05, 0) is 6.07 Å². The molecule has 0 spiro atoms. The van der Waals surface area contributed by atoms with E-state index in [4.69, 9.17) is 10.5 Å². The van der Waals surface area contributed by atoms with Crippen molar-refractivity contribution in [3.05, 3.63) is 29.8 Å². The molecule has 1 aliphatic rings. The Hall–Kier alpha value is -0.710. The topological polar surface area (TPSA) is 38.5 Å². The molecule has 3 nitrogen and oxygen atoms in total. The molecule has 0 aromatic heterocycles. The van der Waals surface area contributed by atoms with E-state index >= 15 is 0 Å². The van der Waals surface area contributed by atoms with Gasteiger partial charge < -0.3 is 10.5 Å². The summed E-state index contributed by atoms with van der Waals surface area (Å²) >= 11 is 2.06. The summed E-state index contributed by atoms with van der Waals surface area (Å²) in [5.41, 5.74) is 7.25. The summed E-state index contributed by atoms with van der Waals surface area (Å²) in [4.78, 5) is 2.50. The fourth-order valence-corrected chi connectivity index (χ4v) is 4.23. The zero-order chi connectivity index (χ0) is 13.8. The van der Waals surface area contributed by atoms with E-state index in [-0.39, 0.29) is 6.04 Å². The Balaban J connectivity index is 2.23. The van der Waals surface area contributed by atoms with Crippen LogP contribution in [0.2, 0.25) is 0 Å². The van der Waals surface area contributed by atoms with Crippen LogP contribution in [0.1, 0.15) is 25.5 Å². The van der Waals surface area contributed by atoms with Gasteiger partial charge in [0.05, 0.1) is 13.2 Å². The van der Waals surface area contributed by atoms with Crippen molar-refractivity contribution in [1.29, 1.82) is 0 Å². The second-order valence-corrected chi connectivity index (χ2v) is 7.09. The van der Waals surface area contributed by atoms with E-state index in [1.165, 1.54) is 5.56 Å². The molecule has 3 atom stereocenters. The van der Waals surface area contributed by atoms with Crippen molar-refractivity contribution >= 4 is 11.8 Å². The van der Waals surface area contributed by atoms with E-state index in [2.05, 4.69) is 42.6 Å². The molecule has 1 aromatic rings. The van der Waals surface area contributed by atoms with Crippen LogP contribution in [0.4, 0.5) is 0 Å². The molecule has 0 radical (unpaired) electrons. The molecule has 3 unspecified atom stereocenters. The van der Waals surface area contributed by atoms with Crippen LogP contribution in [0, 0.1) is 0 Å². The minimum Gasteiger partial charge on any atom is -0.496 e. The van der Waals surface area contributed by atoms with Crippen LogP contribution < -0.4 is 10.5 Å². The molecular formula is C15H24N2OS. The molecule has 106 valence electrons. The number of nitrogens with zero attached hydrogens (tertiary/aromatic N) is 1. The highest BCUT2D eigenvalue weighted by atomic mass is 32.2. The quantitative estimate of drug-likeness (QED) is 0.920. The van der Waals surface area contributed by atoms with Gasteiger partial charge in [0.15, 0.2) is 0 Å². The first-order chi connectivity index (χ1) is 9.15. The van der Waals surface area contributed by atoms with Gasteiger partial charge in [-0.25, -0.2) is 0 Å². The lowest BCUT2D eigenvalue weighted by Gasteiger charge is -2.39. The van der Waals surface area contributed by atoms with Crippen LogP contribution in [0.3, 0.4) is 0 Å². The summed E-state index contributed by atoms with van der Waals surface area (Å²) in [5.74, 6) is 0.941. The Morgan fingerprint density at radius 1 is 1.32 bits per heavy atom. The molecular weight excluding hydrogens is 256 g/mol. The predicted molar refractivity (Wildman–Crippen MR) is 82.9 cm³/mol. The number of nitrogens with two attached hydrogens (primary N) is 1. The van der Waals surface area contributed by atoms with Crippen molar-refractivity contribution in [2.45, 2.75) is 30.4 Å². The third-order valence-corrected chi connectivity index (χ3v) is 4.84. The van der Waals surface area contributed by atoms with E-state index in [0.29, 0.717) is 17.0 Å². The Bertz CT molecular complexity index is 403. The molecule has 0 saturated carbocycles. The average Bonchev–Trinajstić information content (AvgIpc) is 2.39. The maximum Gasteiger partial charge on any atom is 0.123 e. The second-order valence-electron chi connectivity index (χ2n) is 5.20. The summed E-state index contributed by atoms with van der Waals surface area (Å²) in [5, 5.41) is 1.32. The molecule has 0 amide bonds. The standard InChI is InChI=1S/C15H24N2OS/c1-11-9-17(10-12(2)19-11)14(8-16)13-6-4-5-7-15(13)18-3/h4-7,11-12,14H,8-10,16H2,1-3H3. The van der Waals surface area contributed by atoms with Gasteiger partial charge in [-0.3, -0.25) is 4.90 Å². The predicted octanol–water partition coefficient (Wildman–Crippen LogP) is 2.52. The Morgan fingerprint density at radius 3 is 2.53 bits per heavy atom. The Kier molecular flexibility index (Phi) is 5.13. The summed E-state index contributed by atoms with van der Waals surface area (Å²) in [6.07, 6.45) is 0. The zero-order valence-electron chi connectivity index (χ0n) is 12.0. The molecule has 19 heavy (non-hydrogen) atoms. The molecule has 0 aliphatic carbocycles. The lowest BCUT2D eigenvalue weighted by atomic mass is 10.0. The molecule has 2 N–H and O–H groups in total. The maximum atomic E-state index is 6.05. The monoisotopic (exact) mass is 280 g/mol. The normalized spacial score (nSPS) is 26.1. The molecule has 1 aliphatic heterocycles. The van der Waals surface area contributed by atoms with Crippen molar-refractivity contribution in [3.8, 4) is 5.75 Å². The number of rotatable bonds is 4. The molecule has 1 aromatic carbocycles. The molecule has 4 heteroatoms. The number of benzene rings is 1. The fraction of sp³-hybridized carbons (Fsp3) is 0.600. The van der Waals surface area contributed by atoms with Crippen molar-refractivity contribution in [2.24, 2.45) is 5.73 Å². The first kappa shape index (κ1) is 14.7. The van der Waals surface area contributed by atoms with Crippen molar-refractivity contribution in [2.75, 3.05) is 26.7 Å². The van der Waals surface area contributed by atoms with Crippen molar-refractivity contribution < 1.29 is 4.74 Å². The SMILES string of the molecule is COc1ccccc1C(CN)N1CC(C)SC(C)C1. The van der Waals surface area contributed by atoms with E-state index in [9.17, 15) is 0 Å². The summed E-state index contributed by atoms with van der Waals surface area (Å²) in [6.45, 7) is 7.40. The van der Waals surface area contributed by atoms with Crippen molar-refractivity contribution in [1.82, 2.24) is 4.90 Å². The van der Waals surface area contributed by atoms with Gasteiger partial charge in [-0.15, -0.1) is 0 Å². The third-order valence-electron chi connectivity index (χ3n) is 3.61. The molecule has 2 rings (SSSR count).